The molecule has 0 aliphatic rings. The number of hydrogen-bond donors (Lipinski definition) is 0. The summed E-state index contributed by atoms with van der Waals surface area (Å²) in [5.41, 5.74) is 0.691. The molecule has 6 heteroatoms. The number of rotatable bonds is 5. The van der Waals surface area contributed by atoms with Crippen LogP contribution in [-0.4, -0.2) is 32.1 Å². The van der Waals surface area contributed by atoms with Gasteiger partial charge in [-0.25, -0.2) is 9.18 Å². The number of halogens is 1. The number of methoxy groups -OCH3 is 1. The highest BCUT2D eigenvalue weighted by Crippen LogP contribution is 2.19. The van der Waals surface area contributed by atoms with Crippen molar-refractivity contribution in [1.29, 1.82) is 0 Å². The number of esters is 1. The maximum Gasteiger partial charge on any atom is 0.339 e. The van der Waals surface area contributed by atoms with Crippen molar-refractivity contribution in [1.82, 2.24) is 0 Å². The van der Waals surface area contributed by atoms with Gasteiger partial charge in [-0.1, -0.05) is 18.2 Å². The number of carbonyl (C=O) groups is 2. The van der Waals surface area contributed by atoms with Gasteiger partial charge in [0, 0.05) is 12.7 Å². The number of benzene rings is 2. The molecule has 0 spiro atoms. The van der Waals surface area contributed by atoms with Crippen LogP contribution in [0.4, 0.5) is 10.1 Å². The second-order valence-electron chi connectivity index (χ2n) is 5.13. The molecule has 0 heterocycles. The minimum atomic E-state index is -1.01. The van der Waals surface area contributed by atoms with Gasteiger partial charge >= 0.3 is 5.97 Å². The van der Waals surface area contributed by atoms with Crippen molar-refractivity contribution < 1.29 is 23.5 Å². The molecule has 126 valence electrons. The SMILES string of the molecule is COc1ccc(C(=O)O[C@@H](C)C(=O)N(C)c2ccccc2)cc1F. The van der Waals surface area contributed by atoms with E-state index in [4.69, 9.17) is 9.47 Å². The van der Waals surface area contributed by atoms with E-state index in [1.54, 1.807) is 31.3 Å². The summed E-state index contributed by atoms with van der Waals surface area (Å²) >= 11 is 0. The lowest BCUT2D eigenvalue weighted by Crippen LogP contribution is -2.37. The van der Waals surface area contributed by atoms with Crippen LogP contribution in [0.5, 0.6) is 5.75 Å². The van der Waals surface area contributed by atoms with Crippen LogP contribution in [0.25, 0.3) is 0 Å². The molecule has 2 aromatic rings. The highest BCUT2D eigenvalue weighted by atomic mass is 19.1. The second-order valence-corrected chi connectivity index (χ2v) is 5.13. The number of hydrogen-bond acceptors (Lipinski definition) is 4. The number of carbonyl (C=O) groups excluding carboxylic acids is 2. The molecular weight excluding hydrogens is 313 g/mol. The third kappa shape index (κ3) is 3.90. The third-order valence-corrected chi connectivity index (χ3v) is 3.49. The molecule has 0 N–H and O–H groups in total. The molecule has 0 bridgehead atoms. The molecule has 0 radical (unpaired) electrons. The summed E-state index contributed by atoms with van der Waals surface area (Å²) in [5.74, 6) is -1.81. The summed E-state index contributed by atoms with van der Waals surface area (Å²) in [7, 11) is 2.92. The Labute approximate surface area is 139 Å². The number of likely N-dealkylation sites (N-methyl/N-ethyl adjacent to an activating group) is 1. The van der Waals surface area contributed by atoms with E-state index in [1.807, 2.05) is 6.07 Å². The minimum Gasteiger partial charge on any atom is -0.494 e. The number of nitrogens with zero attached hydrogens (tertiary/aromatic N) is 1. The van der Waals surface area contributed by atoms with Gasteiger partial charge in [0.15, 0.2) is 17.7 Å². The normalized spacial score (nSPS) is 11.5. The highest BCUT2D eigenvalue weighted by molar-refractivity contribution is 5.98. The number of para-hydroxylation sites is 1. The van der Waals surface area contributed by atoms with Crippen molar-refractivity contribution in [2.75, 3.05) is 19.1 Å². The van der Waals surface area contributed by atoms with Crippen LogP contribution in [0.2, 0.25) is 0 Å². The first-order chi connectivity index (χ1) is 11.4. The Morgan fingerprint density at radius 1 is 1.12 bits per heavy atom. The summed E-state index contributed by atoms with van der Waals surface area (Å²) in [4.78, 5) is 25.8. The molecule has 1 atom stereocenters. The molecular formula is C18H18FNO4. The van der Waals surface area contributed by atoms with Gasteiger partial charge in [0.1, 0.15) is 0 Å². The van der Waals surface area contributed by atoms with Gasteiger partial charge in [0.25, 0.3) is 5.91 Å². The van der Waals surface area contributed by atoms with Crippen LogP contribution < -0.4 is 9.64 Å². The predicted molar refractivity (Wildman–Crippen MR) is 87.7 cm³/mol. The Balaban J connectivity index is 2.05. The number of amides is 1. The molecule has 0 aliphatic heterocycles. The smallest absolute Gasteiger partial charge is 0.339 e. The Morgan fingerprint density at radius 2 is 1.79 bits per heavy atom. The fourth-order valence-electron chi connectivity index (χ4n) is 2.12. The zero-order valence-electron chi connectivity index (χ0n) is 13.7. The monoisotopic (exact) mass is 331 g/mol. The van der Waals surface area contributed by atoms with Gasteiger partial charge in [0.05, 0.1) is 12.7 Å². The molecule has 24 heavy (non-hydrogen) atoms. The van der Waals surface area contributed by atoms with E-state index in [2.05, 4.69) is 0 Å². The minimum absolute atomic E-state index is 0.00955. The fourth-order valence-corrected chi connectivity index (χ4v) is 2.12. The quantitative estimate of drug-likeness (QED) is 0.790. The lowest BCUT2D eigenvalue weighted by Gasteiger charge is -2.21. The number of anilines is 1. The fraction of sp³-hybridized carbons (Fsp3) is 0.222. The Morgan fingerprint density at radius 3 is 2.38 bits per heavy atom. The topological polar surface area (TPSA) is 55.8 Å². The Hall–Kier alpha value is -2.89. The molecule has 0 saturated carbocycles. The second kappa shape index (κ2) is 7.59. The van der Waals surface area contributed by atoms with Crippen LogP contribution in [0, 0.1) is 5.82 Å². The first kappa shape index (κ1) is 17.5. The van der Waals surface area contributed by atoms with Gasteiger partial charge in [-0.05, 0) is 37.3 Å². The van der Waals surface area contributed by atoms with E-state index in [0.717, 1.165) is 6.07 Å². The average Bonchev–Trinajstić information content (AvgIpc) is 2.60. The van der Waals surface area contributed by atoms with Crippen molar-refractivity contribution in [2.24, 2.45) is 0 Å². The van der Waals surface area contributed by atoms with Gasteiger partial charge in [0.2, 0.25) is 0 Å². The standard InChI is InChI=1S/C18H18FNO4/c1-12(17(21)20(2)14-7-5-4-6-8-14)24-18(22)13-9-10-16(23-3)15(19)11-13/h4-12H,1-3H3/t12-/m0/s1. The van der Waals surface area contributed by atoms with Crippen LogP contribution in [0.3, 0.4) is 0 Å². The maximum atomic E-state index is 13.6. The Kier molecular flexibility index (Phi) is 5.52. The zero-order chi connectivity index (χ0) is 17.7. The van der Waals surface area contributed by atoms with E-state index >= 15 is 0 Å². The zero-order valence-corrected chi connectivity index (χ0v) is 13.7. The van der Waals surface area contributed by atoms with Crippen LogP contribution >= 0.6 is 0 Å². The van der Waals surface area contributed by atoms with Crippen molar-refractivity contribution in [3.63, 3.8) is 0 Å². The molecule has 0 aromatic heterocycles. The molecule has 0 fully saturated rings. The molecule has 0 unspecified atom stereocenters. The molecule has 2 rings (SSSR count). The summed E-state index contributed by atoms with van der Waals surface area (Å²) in [5, 5.41) is 0. The first-order valence-electron chi connectivity index (χ1n) is 7.31. The summed E-state index contributed by atoms with van der Waals surface area (Å²) in [6.45, 7) is 1.47. The van der Waals surface area contributed by atoms with E-state index in [9.17, 15) is 14.0 Å². The van der Waals surface area contributed by atoms with Crippen molar-refractivity contribution in [3.8, 4) is 5.75 Å². The molecule has 1 amide bonds. The van der Waals surface area contributed by atoms with E-state index in [1.165, 1.54) is 31.1 Å². The van der Waals surface area contributed by atoms with E-state index in [0.29, 0.717) is 5.69 Å². The number of ether oxygens (including phenoxy) is 2. The Bertz CT molecular complexity index is 733. The largest absolute Gasteiger partial charge is 0.494 e. The van der Waals surface area contributed by atoms with Crippen molar-refractivity contribution >= 4 is 17.6 Å². The summed E-state index contributed by atoms with van der Waals surface area (Å²) in [6, 6.07) is 12.7. The average molecular weight is 331 g/mol. The lowest BCUT2D eigenvalue weighted by atomic mass is 10.2. The van der Waals surface area contributed by atoms with Gasteiger partial charge < -0.3 is 14.4 Å². The van der Waals surface area contributed by atoms with Crippen LogP contribution in [0.15, 0.2) is 48.5 Å². The van der Waals surface area contributed by atoms with Crippen LogP contribution in [-0.2, 0) is 9.53 Å². The van der Waals surface area contributed by atoms with E-state index in [-0.39, 0.29) is 17.2 Å². The molecule has 0 aliphatic carbocycles. The third-order valence-electron chi connectivity index (χ3n) is 3.49. The van der Waals surface area contributed by atoms with Gasteiger partial charge in [-0.15, -0.1) is 0 Å². The summed E-state index contributed by atoms with van der Waals surface area (Å²) in [6.07, 6.45) is -1.01. The summed E-state index contributed by atoms with van der Waals surface area (Å²) < 4.78 is 23.6. The molecule has 5 nitrogen and oxygen atoms in total. The molecule has 2 aromatic carbocycles. The van der Waals surface area contributed by atoms with E-state index < -0.39 is 17.9 Å². The predicted octanol–water partition coefficient (Wildman–Crippen LogP) is 3.04. The molecule has 0 saturated heterocycles. The first-order valence-corrected chi connectivity index (χ1v) is 7.31. The van der Waals surface area contributed by atoms with Gasteiger partial charge in [-0.2, -0.15) is 0 Å². The van der Waals surface area contributed by atoms with Crippen molar-refractivity contribution in [3.05, 3.63) is 59.9 Å². The lowest BCUT2D eigenvalue weighted by molar-refractivity contribution is -0.126. The van der Waals surface area contributed by atoms with Crippen LogP contribution in [0.1, 0.15) is 17.3 Å². The highest BCUT2D eigenvalue weighted by Gasteiger charge is 2.23. The van der Waals surface area contributed by atoms with Crippen molar-refractivity contribution in [2.45, 2.75) is 13.0 Å². The maximum absolute atomic E-state index is 13.6. The van der Waals surface area contributed by atoms with Gasteiger partial charge in [-0.3, -0.25) is 4.79 Å².